The first-order valence-electron chi connectivity index (χ1n) is 10.7. The third-order valence-electron chi connectivity index (χ3n) is 5.68. The first-order valence-corrected chi connectivity index (χ1v) is 12.5. The van der Waals surface area contributed by atoms with Crippen LogP contribution in [0.15, 0.2) is 45.2 Å². The highest BCUT2D eigenvalue weighted by atomic mass is 32.2. The summed E-state index contributed by atoms with van der Waals surface area (Å²) in [7, 11) is 3.13. The van der Waals surface area contributed by atoms with Gasteiger partial charge in [0.2, 0.25) is 5.13 Å². The number of methoxy groups -OCH3 is 2. The average molecular weight is 484 g/mol. The van der Waals surface area contributed by atoms with E-state index in [-0.39, 0.29) is 11.6 Å². The van der Waals surface area contributed by atoms with E-state index in [1.807, 2.05) is 6.07 Å². The number of ether oxygens (including phenoxy) is 2. The molecule has 2 aromatic rings. The van der Waals surface area contributed by atoms with Crippen molar-refractivity contribution in [1.29, 1.82) is 5.26 Å². The number of nitrogens with zero attached hydrogens (tertiary/aromatic N) is 4. The summed E-state index contributed by atoms with van der Waals surface area (Å²) in [6.07, 6.45) is 2.82. The van der Waals surface area contributed by atoms with Gasteiger partial charge in [-0.15, -0.1) is 10.2 Å². The van der Waals surface area contributed by atoms with Gasteiger partial charge < -0.3 is 15.2 Å². The zero-order valence-electron chi connectivity index (χ0n) is 18.8. The van der Waals surface area contributed by atoms with Gasteiger partial charge in [-0.3, -0.25) is 9.69 Å². The number of allylic oxidation sites excluding steroid dienone is 3. The fourth-order valence-electron chi connectivity index (χ4n) is 4.21. The van der Waals surface area contributed by atoms with Gasteiger partial charge in [0.05, 0.1) is 31.8 Å². The van der Waals surface area contributed by atoms with Crippen molar-refractivity contribution >= 4 is 34.0 Å². The number of ketones is 1. The molecular weight excluding hydrogens is 458 g/mol. The summed E-state index contributed by atoms with van der Waals surface area (Å²) in [6.45, 7) is 2.11. The Morgan fingerprint density at radius 3 is 2.82 bits per heavy atom. The molecule has 1 aromatic carbocycles. The summed E-state index contributed by atoms with van der Waals surface area (Å²) in [4.78, 5) is 15.0. The van der Waals surface area contributed by atoms with E-state index >= 15 is 0 Å². The molecule has 8 nitrogen and oxygen atoms in total. The summed E-state index contributed by atoms with van der Waals surface area (Å²) in [5.41, 5.74) is 8.97. The largest absolute Gasteiger partial charge is 0.497 e. The molecule has 0 fully saturated rings. The number of carbonyl (C=O) groups is 1. The number of carbonyl (C=O) groups excluding carboxylic acids is 1. The van der Waals surface area contributed by atoms with E-state index in [0.29, 0.717) is 52.6 Å². The molecule has 172 valence electrons. The Kier molecular flexibility index (Phi) is 6.91. The summed E-state index contributed by atoms with van der Waals surface area (Å²) in [5.74, 6) is 1.77. The van der Waals surface area contributed by atoms with Crippen molar-refractivity contribution in [1.82, 2.24) is 10.2 Å². The first-order chi connectivity index (χ1) is 16.0. The van der Waals surface area contributed by atoms with Crippen molar-refractivity contribution in [2.45, 2.75) is 42.9 Å². The van der Waals surface area contributed by atoms with E-state index in [9.17, 15) is 10.1 Å². The summed E-state index contributed by atoms with van der Waals surface area (Å²) >= 11 is 3.05. The molecule has 0 amide bonds. The molecule has 1 unspecified atom stereocenters. The molecule has 1 aliphatic carbocycles. The summed E-state index contributed by atoms with van der Waals surface area (Å²) in [6, 6.07) is 7.65. The molecule has 1 atom stereocenters. The van der Waals surface area contributed by atoms with Gasteiger partial charge in [-0.1, -0.05) is 36.1 Å². The predicted molar refractivity (Wildman–Crippen MR) is 128 cm³/mol. The lowest BCUT2D eigenvalue weighted by molar-refractivity contribution is -0.116. The van der Waals surface area contributed by atoms with Gasteiger partial charge in [-0.05, 0) is 25.3 Å². The van der Waals surface area contributed by atoms with E-state index in [2.05, 4.69) is 23.2 Å². The highest BCUT2D eigenvalue weighted by Gasteiger charge is 2.42. The third-order valence-corrected chi connectivity index (χ3v) is 7.93. The number of thioether (sulfide) groups is 1. The van der Waals surface area contributed by atoms with Gasteiger partial charge in [0.25, 0.3) is 0 Å². The number of Topliss-reactive ketones (excluding diaryl/α,β-unsaturated/α-hetero) is 1. The standard InChI is InChI=1S/C23H25N5O3S2/c1-4-10-32-23-27-26-22(33-23)28-16-6-5-7-17(29)20(16)19(15(12-24)21(28)25)14-9-8-13(30-2)11-18(14)31-3/h8-9,11,19H,4-7,10,25H2,1-3H3. The lowest BCUT2D eigenvalue weighted by Crippen LogP contribution is -2.38. The summed E-state index contributed by atoms with van der Waals surface area (Å²) < 4.78 is 11.8. The van der Waals surface area contributed by atoms with Gasteiger partial charge in [-0.25, -0.2) is 0 Å². The Bertz CT molecular complexity index is 1180. The predicted octanol–water partition coefficient (Wildman–Crippen LogP) is 4.36. The number of nitriles is 1. The van der Waals surface area contributed by atoms with Crippen LogP contribution >= 0.6 is 23.1 Å². The Balaban J connectivity index is 1.89. The van der Waals surface area contributed by atoms with Crippen LogP contribution in [-0.2, 0) is 4.79 Å². The van der Waals surface area contributed by atoms with Crippen molar-refractivity contribution in [3.63, 3.8) is 0 Å². The number of anilines is 1. The molecule has 0 saturated carbocycles. The van der Waals surface area contributed by atoms with E-state index in [1.165, 1.54) is 11.3 Å². The van der Waals surface area contributed by atoms with E-state index in [4.69, 9.17) is 15.2 Å². The number of hydrogen-bond donors (Lipinski definition) is 1. The normalized spacial score (nSPS) is 18.3. The highest BCUT2D eigenvalue weighted by Crippen LogP contribution is 2.49. The Morgan fingerprint density at radius 1 is 1.30 bits per heavy atom. The lowest BCUT2D eigenvalue weighted by Gasteiger charge is -2.38. The van der Waals surface area contributed by atoms with Crippen molar-refractivity contribution < 1.29 is 14.3 Å². The maximum Gasteiger partial charge on any atom is 0.219 e. The molecule has 0 saturated heterocycles. The molecular formula is C23H25N5O3S2. The highest BCUT2D eigenvalue weighted by molar-refractivity contribution is 8.01. The SMILES string of the molecule is CCCSc1nnc(N2C(N)=C(C#N)C(c3ccc(OC)cc3OC)C3=C2CCCC3=O)s1. The van der Waals surface area contributed by atoms with Gasteiger partial charge >= 0.3 is 0 Å². The molecule has 0 radical (unpaired) electrons. The van der Waals surface area contributed by atoms with Crippen LogP contribution in [0.3, 0.4) is 0 Å². The van der Waals surface area contributed by atoms with Crippen molar-refractivity contribution in [3.05, 3.63) is 46.4 Å². The van der Waals surface area contributed by atoms with Gasteiger partial charge in [0.15, 0.2) is 10.1 Å². The average Bonchev–Trinajstić information content (AvgIpc) is 3.30. The Morgan fingerprint density at radius 2 is 2.12 bits per heavy atom. The van der Waals surface area contributed by atoms with E-state index < -0.39 is 5.92 Å². The summed E-state index contributed by atoms with van der Waals surface area (Å²) in [5, 5.41) is 19.4. The maximum absolute atomic E-state index is 13.3. The minimum absolute atomic E-state index is 0.00877. The second-order valence-electron chi connectivity index (χ2n) is 7.62. The van der Waals surface area contributed by atoms with E-state index in [1.54, 1.807) is 43.0 Å². The molecule has 0 spiro atoms. The zero-order valence-corrected chi connectivity index (χ0v) is 20.4. The Hall–Kier alpha value is -3.03. The molecule has 2 N–H and O–H groups in total. The van der Waals surface area contributed by atoms with Crippen LogP contribution in [0.1, 0.15) is 44.1 Å². The minimum Gasteiger partial charge on any atom is -0.497 e. The Labute approximate surface area is 201 Å². The van der Waals surface area contributed by atoms with Crippen LogP contribution in [0.25, 0.3) is 0 Å². The second-order valence-corrected chi connectivity index (χ2v) is 9.92. The second kappa shape index (κ2) is 9.85. The molecule has 10 heteroatoms. The van der Waals surface area contributed by atoms with Gasteiger partial charge in [0, 0.05) is 35.1 Å². The van der Waals surface area contributed by atoms with Crippen molar-refractivity contribution in [2.75, 3.05) is 24.9 Å². The number of hydrogen-bond acceptors (Lipinski definition) is 10. The fourth-order valence-corrected chi connectivity index (χ4v) is 6.02. The van der Waals surface area contributed by atoms with Gasteiger partial charge in [0.1, 0.15) is 17.3 Å². The van der Waals surface area contributed by atoms with Crippen molar-refractivity contribution in [3.8, 4) is 17.6 Å². The molecule has 1 aromatic heterocycles. The fraction of sp³-hybridized carbons (Fsp3) is 0.391. The molecule has 0 bridgehead atoms. The van der Waals surface area contributed by atoms with Crippen LogP contribution in [0.4, 0.5) is 5.13 Å². The lowest BCUT2D eigenvalue weighted by atomic mass is 9.75. The van der Waals surface area contributed by atoms with Crippen LogP contribution in [0, 0.1) is 11.3 Å². The third kappa shape index (κ3) is 4.18. The van der Waals surface area contributed by atoms with Crippen LogP contribution in [0.5, 0.6) is 11.5 Å². The maximum atomic E-state index is 13.3. The van der Waals surface area contributed by atoms with Crippen LogP contribution in [-0.4, -0.2) is 36.0 Å². The molecule has 33 heavy (non-hydrogen) atoms. The molecule has 4 rings (SSSR count). The van der Waals surface area contributed by atoms with Gasteiger partial charge in [-0.2, -0.15) is 5.26 Å². The molecule has 2 heterocycles. The molecule has 1 aliphatic heterocycles. The topological polar surface area (TPSA) is 114 Å². The van der Waals surface area contributed by atoms with Crippen LogP contribution < -0.4 is 20.1 Å². The van der Waals surface area contributed by atoms with Crippen LogP contribution in [0.2, 0.25) is 0 Å². The first kappa shape index (κ1) is 23.1. The number of aromatic nitrogens is 2. The number of rotatable bonds is 7. The zero-order chi connectivity index (χ0) is 23.5. The van der Waals surface area contributed by atoms with Crippen molar-refractivity contribution in [2.24, 2.45) is 5.73 Å². The minimum atomic E-state index is -0.614. The number of nitrogens with two attached hydrogens (primary N) is 1. The smallest absolute Gasteiger partial charge is 0.219 e. The quantitative estimate of drug-likeness (QED) is 0.574. The molecule has 2 aliphatic rings. The van der Waals surface area contributed by atoms with E-state index in [0.717, 1.165) is 22.2 Å². The monoisotopic (exact) mass is 483 g/mol. The number of benzene rings is 1.